The van der Waals surface area contributed by atoms with Crippen molar-refractivity contribution in [3.63, 3.8) is 0 Å². The monoisotopic (exact) mass is 348 g/mol. The summed E-state index contributed by atoms with van der Waals surface area (Å²) in [5, 5.41) is 10.8. The van der Waals surface area contributed by atoms with E-state index in [4.69, 9.17) is 5.73 Å². The molecule has 0 spiro atoms. The highest BCUT2D eigenvalue weighted by molar-refractivity contribution is 6.13. The van der Waals surface area contributed by atoms with Gasteiger partial charge in [-0.15, -0.1) is 0 Å². The molecule has 4 aromatic rings. The molecule has 0 fully saturated rings. The number of carbonyl (C=O) groups is 1. The molecule has 3 heterocycles. The van der Waals surface area contributed by atoms with Crippen molar-refractivity contribution in [2.75, 3.05) is 5.73 Å². The van der Waals surface area contributed by atoms with E-state index in [9.17, 15) is 9.90 Å². The minimum atomic E-state index is -0.948. The van der Waals surface area contributed by atoms with Crippen molar-refractivity contribution in [1.29, 1.82) is 0 Å². The predicted molar refractivity (Wildman–Crippen MR) is 97.6 cm³/mol. The molecule has 3 aromatic heterocycles. The van der Waals surface area contributed by atoms with Gasteiger partial charge in [-0.3, -0.25) is 4.79 Å². The van der Waals surface area contributed by atoms with E-state index in [-0.39, 0.29) is 6.54 Å². The fourth-order valence-corrected chi connectivity index (χ4v) is 3.28. The lowest BCUT2D eigenvalue weighted by Gasteiger charge is -2.08. The van der Waals surface area contributed by atoms with Crippen molar-refractivity contribution in [2.24, 2.45) is 0 Å². The molecule has 0 saturated heterocycles. The third-order valence-corrected chi connectivity index (χ3v) is 4.36. The van der Waals surface area contributed by atoms with Gasteiger partial charge in [-0.1, -0.05) is 0 Å². The van der Waals surface area contributed by atoms with Gasteiger partial charge < -0.3 is 15.4 Å². The molecule has 3 N–H and O–H groups in total. The lowest BCUT2D eigenvalue weighted by Crippen LogP contribution is -2.09. The Kier molecular flexibility index (Phi) is 3.54. The number of aryl methyl sites for hydroxylation is 2. The maximum absolute atomic E-state index is 11.4. The van der Waals surface area contributed by atoms with Gasteiger partial charge in [0.2, 0.25) is 0 Å². The maximum atomic E-state index is 11.4. The van der Waals surface area contributed by atoms with Crippen LogP contribution in [0.25, 0.3) is 33.1 Å². The van der Waals surface area contributed by atoms with E-state index < -0.39 is 5.97 Å². The molecule has 8 heteroatoms. The van der Waals surface area contributed by atoms with Crippen LogP contribution in [0.4, 0.5) is 5.82 Å². The third-order valence-electron chi connectivity index (χ3n) is 4.36. The van der Waals surface area contributed by atoms with Gasteiger partial charge in [0.25, 0.3) is 0 Å². The quantitative estimate of drug-likeness (QED) is 0.583. The van der Waals surface area contributed by atoms with Crippen LogP contribution in [0.15, 0.2) is 30.9 Å². The normalized spacial score (nSPS) is 11.3. The molecule has 0 unspecified atom stereocenters. The number of fused-ring (bicyclic) bond motifs is 3. The van der Waals surface area contributed by atoms with Crippen LogP contribution < -0.4 is 5.73 Å². The van der Waals surface area contributed by atoms with Crippen LogP contribution in [-0.4, -0.2) is 35.6 Å². The van der Waals surface area contributed by atoms with Crippen LogP contribution in [0.1, 0.15) is 11.4 Å². The Hall–Kier alpha value is -3.55. The summed E-state index contributed by atoms with van der Waals surface area (Å²) in [6.45, 7) is 3.56. The van der Waals surface area contributed by atoms with Crippen molar-refractivity contribution in [3.8, 4) is 11.1 Å². The highest BCUT2D eigenvalue weighted by Crippen LogP contribution is 2.35. The van der Waals surface area contributed by atoms with Crippen LogP contribution in [-0.2, 0) is 11.3 Å². The molecule has 0 aliphatic heterocycles. The maximum Gasteiger partial charge on any atom is 0.323 e. The Balaban J connectivity index is 2.09. The lowest BCUT2D eigenvalue weighted by atomic mass is 10.0. The van der Waals surface area contributed by atoms with Crippen molar-refractivity contribution in [1.82, 2.24) is 24.5 Å². The molecule has 1 aromatic carbocycles. The van der Waals surface area contributed by atoms with Gasteiger partial charge in [0, 0.05) is 23.3 Å². The van der Waals surface area contributed by atoms with E-state index in [0.717, 1.165) is 27.6 Å². The lowest BCUT2D eigenvalue weighted by molar-refractivity contribution is -0.137. The fraction of sp³-hybridized carbons (Fsp3) is 0.167. The van der Waals surface area contributed by atoms with Gasteiger partial charge in [-0.05, 0) is 37.1 Å². The average Bonchev–Trinajstić information content (AvgIpc) is 2.90. The Morgan fingerprint density at radius 2 is 1.85 bits per heavy atom. The summed E-state index contributed by atoms with van der Waals surface area (Å²) in [5.41, 5.74) is 10.1. The standard InChI is InChI=1S/C18H16N6O2/c1-9-3-11(12-5-20-10(2)21-6-12)4-13-15-17(19)22-8-23-18(15)24(16(9)13)7-14(25)26/h3-6,8H,7H2,1-2H3,(H,25,26)(H2,19,22,23). The molecule has 0 bridgehead atoms. The largest absolute Gasteiger partial charge is 0.480 e. The van der Waals surface area contributed by atoms with Crippen LogP contribution >= 0.6 is 0 Å². The summed E-state index contributed by atoms with van der Waals surface area (Å²) in [4.78, 5) is 28.2. The first kappa shape index (κ1) is 15.9. The average molecular weight is 348 g/mol. The fourth-order valence-electron chi connectivity index (χ4n) is 3.28. The number of carboxylic acids is 1. The van der Waals surface area contributed by atoms with E-state index in [1.807, 2.05) is 26.0 Å². The third kappa shape index (κ3) is 2.43. The van der Waals surface area contributed by atoms with Gasteiger partial charge in [-0.25, -0.2) is 19.9 Å². The van der Waals surface area contributed by atoms with Gasteiger partial charge in [0.15, 0.2) is 0 Å². The minimum absolute atomic E-state index is 0.204. The van der Waals surface area contributed by atoms with E-state index in [0.29, 0.717) is 22.7 Å². The zero-order valence-electron chi connectivity index (χ0n) is 14.3. The summed E-state index contributed by atoms with van der Waals surface area (Å²) in [7, 11) is 0. The highest BCUT2D eigenvalue weighted by atomic mass is 16.4. The number of nitrogens with zero attached hydrogens (tertiary/aromatic N) is 5. The van der Waals surface area contributed by atoms with Crippen LogP contribution in [0, 0.1) is 13.8 Å². The second-order valence-electron chi connectivity index (χ2n) is 6.15. The number of anilines is 1. The number of benzene rings is 1. The number of nitrogen functional groups attached to an aromatic ring is 1. The number of hydrogen-bond donors (Lipinski definition) is 2. The molecule has 4 rings (SSSR count). The number of hydrogen-bond acceptors (Lipinski definition) is 6. The van der Waals surface area contributed by atoms with Crippen molar-refractivity contribution in [3.05, 3.63) is 42.2 Å². The summed E-state index contributed by atoms with van der Waals surface area (Å²) >= 11 is 0. The molecule has 0 saturated carbocycles. The second-order valence-corrected chi connectivity index (χ2v) is 6.15. The summed E-state index contributed by atoms with van der Waals surface area (Å²) in [6, 6.07) is 3.94. The number of aromatic nitrogens is 5. The zero-order valence-corrected chi connectivity index (χ0v) is 14.3. The molecule has 0 aliphatic carbocycles. The number of aliphatic carboxylic acids is 1. The van der Waals surface area contributed by atoms with Crippen LogP contribution in [0.3, 0.4) is 0 Å². The first-order valence-electron chi connectivity index (χ1n) is 7.99. The number of carboxylic acid groups (broad SMARTS) is 1. The van der Waals surface area contributed by atoms with Gasteiger partial charge in [-0.2, -0.15) is 0 Å². The molecule has 0 amide bonds. The van der Waals surface area contributed by atoms with Crippen molar-refractivity contribution < 1.29 is 9.90 Å². The molecular formula is C18H16N6O2. The van der Waals surface area contributed by atoms with Crippen molar-refractivity contribution >= 4 is 33.7 Å². The summed E-state index contributed by atoms with van der Waals surface area (Å²) in [6.07, 6.45) is 4.87. The minimum Gasteiger partial charge on any atom is -0.480 e. The summed E-state index contributed by atoms with van der Waals surface area (Å²) in [5.74, 6) is 0.0690. The second kappa shape index (κ2) is 5.76. The molecule has 0 aliphatic rings. The summed E-state index contributed by atoms with van der Waals surface area (Å²) < 4.78 is 1.66. The van der Waals surface area contributed by atoms with Gasteiger partial charge >= 0.3 is 5.97 Å². The first-order chi connectivity index (χ1) is 12.5. The molecule has 8 nitrogen and oxygen atoms in total. The highest BCUT2D eigenvalue weighted by Gasteiger charge is 2.19. The van der Waals surface area contributed by atoms with Crippen LogP contribution in [0.5, 0.6) is 0 Å². The first-order valence-corrected chi connectivity index (χ1v) is 7.99. The van der Waals surface area contributed by atoms with Crippen LogP contribution in [0.2, 0.25) is 0 Å². The molecule has 26 heavy (non-hydrogen) atoms. The Labute approximate surface area is 148 Å². The van der Waals surface area contributed by atoms with E-state index in [1.54, 1.807) is 17.0 Å². The van der Waals surface area contributed by atoms with E-state index in [1.165, 1.54) is 6.33 Å². The Bertz CT molecular complexity index is 1160. The SMILES string of the molecule is Cc1ncc(-c2cc(C)c3c(c2)c2c(N)ncnc2n3CC(=O)O)cn1. The predicted octanol–water partition coefficient (Wildman–Crippen LogP) is 2.33. The van der Waals surface area contributed by atoms with Gasteiger partial charge in [0.1, 0.15) is 30.2 Å². The number of rotatable bonds is 3. The van der Waals surface area contributed by atoms with E-state index >= 15 is 0 Å². The molecule has 0 atom stereocenters. The molecule has 130 valence electrons. The smallest absolute Gasteiger partial charge is 0.323 e. The van der Waals surface area contributed by atoms with Crippen molar-refractivity contribution in [2.45, 2.75) is 20.4 Å². The Morgan fingerprint density at radius 1 is 1.12 bits per heavy atom. The molecule has 0 radical (unpaired) electrons. The number of nitrogens with two attached hydrogens (primary N) is 1. The molecular weight excluding hydrogens is 332 g/mol. The zero-order chi connectivity index (χ0) is 18.4. The van der Waals surface area contributed by atoms with Gasteiger partial charge in [0.05, 0.1) is 10.9 Å². The Morgan fingerprint density at radius 3 is 2.54 bits per heavy atom. The topological polar surface area (TPSA) is 120 Å². The van der Waals surface area contributed by atoms with E-state index in [2.05, 4.69) is 19.9 Å².